The van der Waals surface area contributed by atoms with E-state index in [0.29, 0.717) is 0 Å². The smallest absolute Gasteiger partial charge is 0.114 e. The Kier molecular flexibility index (Phi) is 5.45. The average molecular weight is 405 g/mol. The molecule has 0 aliphatic carbocycles. The number of nitrogens with zero attached hydrogens (tertiary/aromatic N) is 1. The highest BCUT2D eigenvalue weighted by atomic mass is 15.1. The van der Waals surface area contributed by atoms with E-state index in [1.165, 1.54) is 35.2 Å². The summed E-state index contributed by atoms with van der Waals surface area (Å²) in [5.41, 5.74) is 5.59. The third kappa shape index (κ3) is 3.82. The van der Waals surface area contributed by atoms with Gasteiger partial charge in [0, 0.05) is 24.5 Å². The molecule has 0 amide bonds. The summed E-state index contributed by atoms with van der Waals surface area (Å²) >= 11 is 0. The molecule has 0 atom stereocenters. The van der Waals surface area contributed by atoms with E-state index < -0.39 is 5.54 Å². The first-order valence-electron chi connectivity index (χ1n) is 11.2. The molecule has 2 heteroatoms. The second-order valence-corrected chi connectivity index (χ2v) is 8.22. The Hall–Kier alpha value is -3.52. The summed E-state index contributed by atoms with van der Waals surface area (Å²) in [6.07, 6.45) is 2.55. The first-order valence-corrected chi connectivity index (χ1v) is 11.2. The summed E-state index contributed by atoms with van der Waals surface area (Å²) in [5.74, 6) is 0. The van der Waals surface area contributed by atoms with Gasteiger partial charge >= 0.3 is 0 Å². The van der Waals surface area contributed by atoms with Crippen LogP contribution in [-0.4, -0.2) is 13.1 Å². The summed E-state index contributed by atoms with van der Waals surface area (Å²) in [5, 5.41) is 3.98. The fourth-order valence-electron chi connectivity index (χ4n) is 4.75. The highest BCUT2D eigenvalue weighted by Gasteiger charge is 2.36. The van der Waals surface area contributed by atoms with E-state index in [-0.39, 0.29) is 0 Å². The van der Waals surface area contributed by atoms with Crippen molar-refractivity contribution in [2.24, 2.45) is 0 Å². The molecule has 1 aliphatic heterocycles. The third-order valence-electron chi connectivity index (χ3n) is 6.27. The number of hydrogen-bond acceptors (Lipinski definition) is 2. The van der Waals surface area contributed by atoms with Crippen LogP contribution in [0.4, 0.5) is 11.4 Å². The number of benzene rings is 4. The molecule has 4 aromatic rings. The van der Waals surface area contributed by atoms with Crippen molar-refractivity contribution < 1.29 is 0 Å². The number of nitrogens with one attached hydrogen (secondary N) is 1. The van der Waals surface area contributed by atoms with E-state index in [4.69, 9.17) is 0 Å². The Morgan fingerprint density at radius 1 is 0.548 bits per heavy atom. The zero-order valence-electron chi connectivity index (χ0n) is 17.7. The zero-order chi connectivity index (χ0) is 20.9. The van der Waals surface area contributed by atoms with Crippen LogP contribution < -0.4 is 10.2 Å². The van der Waals surface area contributed by atoms with Gasteiger partial charge in [-0.2, -0.15) is 0 Å². The molecule has 2 nitrogen and oxygen atoms in total. The second kappa shape index (κ2) is 8.69. The fourth-order valence-corrected chi connectivity index (χ4v) is 4.75. The second-order valence-electron chi connectivity index (χ2n) is 8.22. The van der Waals surface area contributed by atoms with Crippen LogP contribution in [0.25, 0.3) is 0 Å². The highest BCUT2D eigenvalue weighted by molar-refractivity contribution is 5.64. The van der Waals surface area contributed by atoms with Gasteiger partial charge in [-0.15, -0.1) is 0 Å². The molecule has 1 heterocycles. The Labute approximate surface area is 185 Å². The highest BCUT2D eigenvalue weighted by Crippen LogP contribution is 2.40. The Bertz CT molecular complexity index is 1000. The predicted molar refractivity (Wildman–Crippen MR) is 131 cm³/mol. The standard InChI is InChI=1S/C29H28N2/c1-4-13-24(14-5-1)29(25-15-6-2-7-16-25,26-17-8-3-9-18-26)30-27-19-12-20-28(23-27)31-21-10-11-22-31/h1-9,12-20,23,30H,10-11,21-22H2. The van der Waals surface area contributed by atoms with Crippen LogP contribution in [0.3, 0.4) is 0 Å². The number of rotatable bonds is 6. The molecular formula is C29H28N2. The van der Waals surface area contributed by atoms with Crippen molar-refractivity contribution in [2.75, 3.05) is 23.3 Å². The van der Waals surface area contributed by atoms with Gasteiger partial charge in [0.05, 0.1) is 0 Å². The number of hydrogen-bond donors (Lipinski definition) is 1. The summed E-state index contributed by atoms with van der Waals surface area (Å²) in [4.78, 5) is 2.49. The molecule has 4 aromatic carbocycles. The van der Waals surface area contributed by atoms with Crippen LogP contribution in [0.1, 0.15) is 29.5 Å². The van der Waals surface area contributed by atoms with Crippen molar-refractivity contribution in [3.05, 3.63) is 132 Å². The van der Waals surface area contributed by atoms with E-state index in [2.05, 4.69) is 125 Å². The van der Waals surface area contributed by atoms with Crippen LogP contribution in [-0.2, 0) is 5.54 Å². The molecule has 1 fully saturated rings. The van der Waals surface area contributed by atoms with Gasteiger partial charge in [0.25, 0.3) is 0 Å². The summed E-state index contributed by atoms with van der Waals surface area (Å²) in [7, 11) is 0. The lowest BCUT2D eigenvalue weighted by atomic mass is 9.77. The van der Waals surface area contributed by atoms with Crippen molar-refractivity contribution in [2.45, 2.75) is 18.4 Å². The molecule has 0 bridgehead atoms. The SMILES string of the molecule is c1ccc(C(Nc2cccc(N3CCCC3)c2)(c2ccccc2)c2ccccc2)cc1. The molecule has 0 unspecified atom stereocenters. The predicted octanol–water partition coefficient (Wildman–Crippen LogP) is 6.69. The van der Waals surface area contributed by atoms with E-state index in [1.807, 2.05) is 0 Å². The molecule has 0 spiro atoms. The molecule has 1 aliphatic rings. The van der Waals surface area contributed by atoms with E-state index in [0.717, 1.165) is 18.8 Å². The molecule has 0 aromatic heterocycles. The van der Waals surface area contributed by atoms with Crippen molar-refractivity contribution >= 4 is 11.4 Å². The molecule has 154 valence electrons. The first kappa shape index (κ1) is 19.4. The third-order valence-corrected chi connectivity index (χ3v) is 6.27. The minimum atomic E-state index is -0.493. The largest absolute Gasteiger partial charge is 0.371 e. The van der Waals surface area contributed by atoms with Gasteiger partial charge in [-0.05, 0) is 47.7 Å². The van der Waals surface area contributed by atoms with Gasteiger partial charge < -0.3 is 10.2 Å². The van der Waals surface area contributed by atoms with E-state index in [9.17, 15) is 0 Å². The monoisotopic (exact) mass is 404 g/mol. The molecule has 1 N–H and O–H groups in total. The molecule has 0 radical (unpaired) electrons. The Morgan fingerprint density at radius 3 is 1.52 bits per heavy atom. The van der Waals surface area contributed by atoms with E-state index in [1.54, 1.807) is 0 Å². The maximum Gasteiger partial charge on any atom is 0.114 e. The topological polar surface area (TPSA) is 15.3 Å². The number of anilines is 2. The minimum absolute atomic E-state index is 0.493. The van der Waals surface area contributed by atoms with Crippen molar-refractivity contribution in [3.63, 3.8) is 0 Å². The normalized spacial score (nSPS) is 13.9. The van der Waals surface area contributed by atoms with Crippen molar-refractivity contribution in [1.29, 1.82) is 0 Å². The van der Waals surface area contributed by atoms with Crippen molar-refractivity contribution in [3.8, 4) is 0 Å². The quantitative estimate of drug-likeness (QED) is 0.360. The van der Waals surface area contributed by atoms with Gasteiger partial charge in [0.15, 0.2) is 0 Å². The first-order chi connectivity index (χ1) is 15.4. The summed E-state index contributed by atoms with van der Waals surface area (Å²) in [6, 6.07) is 41.2. The maximum absolute atomic E-state index is 3.98. The fraction of sp³-hybridized carbons (Fsp3) is 0.172. The molecule has 5 rings (SSSR count). The van der Waals surface area contributed by atoms with Gasteiger partial charge in [-0.25, -0.2) is 0 Å². The van der Waals surface area contributed by atoms with Crippen LogP contribution in [0.2, 0.25) is 0 Å². The average Bonchev–Trinajstić information content (AvgIpc) is 3.40. The van der Waals surface area contributed by atoms with Gasteiger partial charge in [0.2, 0.25) is 0 Å². The van der Waals surface area contributed by atoms with Gasteiger partial charge in [-0.3, -0.25) is 0 Å². The Balaban J connectivity index is 1.68. The molecule has 0 saturated carbocycles. The lowest BCUT2D eigenvalue weighted by molar-refractivity contribution is 0.711. The summed E-state index contributed by atoms with van der Waals surface area (Å²) < 4.78 is 0. The van der Waals surface area contributed by atoms with Crippen LogP contribution in [0.15, 0.2) is 115 Å². The van der Waals surface area contributed by atoms with Crippen LogP contribution in [0.5, 0.6) is 0 Å². The van der Waals surface area contributed by atoms with Gasteiger partial charge in [-0.1, -0.05) is 97.1 Å². The minimum Gasteiger partial charge on any atom is -0.371 e. The zero-order valence-corrected chi connectivity index (χ0v) is 17.7. The van der Waals surface area contributed by atoms with Crippen molar-refractivity contribution in [1.82, 2.24) is 0 Å². The molecule has 31 heavy (non-hydrogen) atoms. The van der Waals surface area contributed by atoms with Crippen LogP contribution in [0, 0.1) is 0 Å². The lowest BCUT2D eigenvalue weighted by Gasteiger charge is -2.38. The Morgan fingerprint density at radius 2 is 1.03 bits per heavy atom. The van der Waals surface area contributed by atoms with Gasteiger partial charge in [0.1, 0.15) is 5.54 Å². The van der Waals surface area contributed by atoms with Crippen LogP contribution >= 0.6 is 0 Å². The molecular weight excluding hydrogens is 376 g/mol. The maximum atomic E-state index is 3.98. The van der Waals surface area contributed by atoms with E-state index >= 15 is 0 Å². The summed E-state index contributed by atoms with van der Waals surface area (Å²) in [6.45, 7) is 2.29. The lowest BCUT2D eigenvalue weighted by Crippen LogP contribution is -2.38. The molecule has 1 saturated heterocycles.